The minimum atomic E-state index is 0.0207. The lowest BCUT2D eigenvalue weighted by molar-refractivity contribution is 0.205. The fourth-order valence-corrected chi connectivity index (χ4v) is 1.93. The lowest BCUT2D eigenvalue weighted by atomic mass is 10.1. The van der Waals surface area contributed by atoms with E-state index in [4.69, 9.17) is 5.73 Å². The number of likely N-dealkylation sites (tertiary alicyclic amines) is 1. The monoisotopic (exact) mass is 207 g/mol. The second kappa shape index (κ2) is 4.59. The largest absolute Gasteiger partial charge is 0.329 e. The predicted molar refractivity (Wildman–Crippen MR) is 59.5 cm³/mol. The van der Waals surface area contributed by atoms with Crippen molar-refractivity contribution in [1.29, 1.82) is 0 Å². The summed E-state index contributed by atoms with van der Waals surface area (Å²) in [5.41, 5.74) is 6.69. The molecule has 4 heteroatoms. The zero-order valence-electron chi connectivity index (χ0n) is 8.78. The Kier molecular flexibility index (Phi) is 3.18. The number of nitrogens with two attached hydrogens (primary N) is 1. The molecule has 3 N–H and O–H groups in total. The highest BCUT2D eigenvalue weighted by atomic mass is 16.1. The van der Waals surface area contributed by atoms with Crippen molar-refractivity contribution < 1.29 is 0 Å². The summed E-state index contributed by atoms with van der Waals surface area (Å²) in [6.45, 7) is 2.73. The second-order valence-corrected chi connectivity index (χ2v) is 4.14. The first kappa shape index (κ1) is 10.4. The first-order chi connectivity index (χ1) is 7.25. The van der Waals surface area contributed by atoms with Crippen molar-refractivity contribution in [2.24, 2.45) is 5.73 Å². The summed E-state index contributed by atoms with van der Waals surface area (Å²) in [5.74, 6) is 0. The first-order valence-corrected chi connectivity index (χ1v) is 5.40. The highest BCUT2D eigenvalue weighted by Gasteiger charge is 2.16. The molecule has 0 aliphatic carbocycles. The molecule has 1 aromatic heterocycles. The van der Waals surface area contributed by atoms with Gasteiger partial charge in [-0.3, -0.25) is 9.69 Å². The third-order valence-corrected chi connectivity index (χ3v) is 2.93. The molecule has 1 fully saturated rings. The highest BCUT2D eigenvalue weighted by Crippen LogP contribution is 2.10. The normalized spacial score (nSPS) is 19.3. The molecule has 0 atom stereocenters. The van der Waals surface area contributed by atoms with E-state index in [1.807, 2.05) is 12.1 Å². The molecule has 82 valence electrons. The van der Waals surface area contributed by atoms with Gasteiger partial charge in [0.15, 0.2) is 0 Å². The molecule has 2 heterocycles. The minimum Gasteiger partial charge on any atom is -0.329 e. The minimum absolute atomic E-state index is 0.0207. The molecule has 1 aromatic rings. The molecule has 2 rings (SSSR count). The van der Waals surface area contributed by atoms with Crippen LogP contribution in [0, 0.1) is 0 Å². The Morgan fingerprint density at radius 3 is 2.87 bits per heavy atom. The summed E-state index contributed by atoms with van der Waals surface area (Å²) >= 11 is 0. The number of aromatic amines is 1. The molecule has 15 heavy (non-hydrogen) atoms. The van der Waals surface area contributed by atoms with Crippen LogP contribution in [0.3, 0.4) is 0 Å². The molecule has 0 amide bonds. The maximum atomic E-state index is 11.5. The van der Waals surface area contributed by atoms with Gasteiger partial charge in [0.2, 0.25) is 0 Å². The SMILES string of the molecule is NC1CCN(Cc2ccc[nH]c2=O)CC1. The van der Waals surface area contributed by atoms with Crippen LogP contribution < -0.4 is 11.3 Å². The molecule has 1 aliphatic rings. The number of piperidine rings is 1. The van der Waals surface area contributed by atoms with Gasteiger partial charge in [0.05, 0.1) is 0 Å². The average Bonchev–Trinajstić information content (AvgIpc) is 2.25. The number of hydrogen-bond donors (Lipinski definition) is 2. The third kappa shape index (κ3) is 2.67. The van der Waals surface area contributed by atoms with Crippen molar-refractivity contribution in [2.75, 3.05) is 13.1 Å². The van der Waals surface area contributed by atoms with Gasteiger partial charge in [0.25, 0.3) is 5.56 Å². The summed E-state index contributed by atoms with van der Waals surface area (Å²) in [4.78, 5) is 16.4. The molecule has 0 aromatic carbocycles. The van der Waals surface area contributed by atoms with Crippen LogP contribution in [0.25, 0.3) is 0 Å². The average molecular weight is 207 g/mol. The van der Waals surface area contributed by atoms with Crippen molar-refractivity contribution in [2.45, 2.75) is 25.4 Å². The Balaban J connectivity index is 1.98. The van der Waals surface area contributed by atoms with E-state index in [2.05, 4.69) is 9.88 Å². The van der Waals surface area contributed by atoms with Crippen molar-refractivity contribution in [1.82, 2.24) is 9.88 Å². The molecular formula is C11H17N3O. The Labute approximate surface area is 89.1 Å². The quantitative estimate of drug-likeness (QED) is 0.733. The maximum absolute atomic E-state index is 11.5. The topological polar surface area (TPSA) is 62.1 Å². The molecule has 1 aliphatic heterocycles. The van der Waals surface area contributed by atoms with Crippen LogP contribution in [0.4, 0.5) is 0 Å². The molecule has 0 spiro atoms. The summed E-state index contributed by atoms with van der Waals surface area (Å²) in [6, 6.07) is 4.09. The van der Waals surface area contributed by atoms with E-state index in [0.29, 0.717) is 6.04 Å². The zero-order valence-corrected chi connectivity index (χ0v) is 8.78. The van der Waals surface area contributed by atoms with Crippen molar-refractivity contribution in [3.8, 4) is 0 Å². The predicted octanol–water partition coefficient (Wildman–Crippen LogP) is 0.298. The summed E-state index contributed by atoms with van der Waals surface area (Å²) in [5, 5.41) is 0. The Morgan fingerprint density at radius 1 is 1.47 bits per heavy atom. The number of rotatable bonds is 2. The number of nitrogens with one attached hydrogen (secondary N) is 1. The molecule has 0 saturated carbocycles. The van der Waals surface area contributed by atoms with E-state index in [9.17, 15) is 4.79 Å². The van der Waals surface area contributed by atoms with Crippen molar-refractivity contribution >= 4 is 0 Å². The maximum Gasteiger partial charge on any atom is 0.252 e. The lowest BCUT2D eigenvalue weighted by Gasteiger charge is -2.29. The van der Waals surface area contributed by atoms with E-state index >= 15 is 0 Å². The number of pyridine rings is 1. The van der Waals surface area contributed by atoms with E-state index in [-0.39, 0.29) is 5.56 Å². The van der Waals surface area contributed by atoms with E-state index < -0.39 is 0 Å². The van der Waals surface area contributed by atoms with E-state index in [0.717, 1.165) is 38.0 Å². The fraction of sp³-hybridized carbons (Fsp3) is 0.545. The van der Waals surface area contributed by atoms with Gasteiger partial charge in [0.1, 0.15) is 0 Å². The molecule has 0 unspecified atom stereocenters. The van der Waals surface area contributed by atoms with Crippen LogP contribution in [-0.4, -0.2) is 29.0 Å². The lowest BCUT2D eigenvalue weighted by Crippen LogP contribution is -2.40. The van der Waals surface area contributed by atoms with Crippen LogP contribution in [0.2, 0.25) is 0 Å². The standard InChI is InChI=1S/C11H17N3O/c12-10-3-6-14(7-4-10)8-9-2-1-5-13-11(9)15/h1-2,5,10H,3-4,6-8,12H2,(H,13,15). The number of H-pyrrole nitrogens is 1. The zero-order chi connectivity index (χ0) is 10.7. The van der Waals surface area contributed by atoms with Crippen LogP contribution in [-0.2, 0) is 6.54 Å². The molecule has 1 saturated heterocycles. The van der Waals surface area contributed by atoms with Gasteiger partial charge in [-0.2, -0.15) is 0 Å². The number of nitrogens with zero attached hydrogens (tertiary/aromatic N) is 1. The molecule has 0 bridgehead atoms. The van der Waals surface area contributed by atoms with Gasteiger partial charge >= 0.3 is 0 Å². The van der Waals surface area contributed by atoms with Gasteiger partial charge in [0, 0.05) is 24.3 Å². The Bertz CT molecular complexity index is 366. The molecule has 0 radical (unpaired) electrons. The van der Waals surface area contributed by atoms with Crippen LogP contribution in [0.15, 0.2) is 23.1 Å². The Morgan fingerprint density at radius 2 is 2.20 bits per heavy atom. The van der Waals surface area contributed by atoms with Crippen LogP contribution >= 0.6 is 0 Å². The molecular weight excluding hydrogens is 190 g/mol. The Hall–Kier alpha value is -1.13. The highest BCUT2D eigenvalue weighted by molar-refractivity contribution is 5.08. The van der Waals surface area contributed by atoms with Gasteiger partial charge in [-0.05, 0) is 32.0 Å². The van der Waals surface area contributed by atoms with Gasteiger partial charge < -0.3 is 10.7 Å². The van der Waals surface area contributed by atoms with Gasteiger partial charge in [-0.25, -0.2) is 0 Å². The summed E-state index contributed by atoms with van der Waals surface area (Å²) in [7, 11) is 0. The van der Waals surface area contributed by atoms with Crippen molar-refractivity contribution in [3.05, 3.63) is 34.2 Å². The van der Waals surface area contributed by atoms with Crippen LogP contribution in [0.1, 0.15) is 18.4 Å². The second-order valence-electron chi connectivity index (χ2n) is 4.14. The fourth-order valence-electron chi connectivity index (χ4n) is 1.93. The number of hydrogen-bond acceptors (Lipinski definition) is 3. The van der Waals surface area contributed by atoms with Crippen LogP contribution in [0.5, 0.6) is 0 Å². The van der Waals surface area contributed by atoms with Gasteiger partial charge in [-0.1, -0.05) is 6.07 Å². The van der Waals surface area contributed by atoms with Gasteiger partial charge in [-0.15, -0.1) is 0 Å². The van der Waals surface area contributed by atoms with Crippen molar-refractivity contribution in [3.63, 3.8) is 0 Å². The van der Waals surface area contributed by atoms with E-state index in [1.54, 1.807) is 6.20 Å². The van der Waals surface area contributed by atoms with E-state index in [1.165, 1.54) is 0 Å². The number of aromatic nitrogens is 1. The summed E-state index contributed by atoms with van der Waals surface area (Å²) in [6.07, 6.45) is 3.73. The third-order valence-electron chi connectivity index (χ3n) is 2.93. The first-order valence-electron chi connectivity index (χ1n) is 5.40. The smallest absolute Gasteiger partial charge is 0.252 e. The molecule has 4 nitrogen and oxygen atoms in total. The summed E-state index contributed by atoms with van der Waals surface area (Å²) < 4.78 is 0.